The first kappa shape index (κ1) is 30.3. The van der Waals surface area contributed by atoms with Crippen LogP contribution in [-0.2, 0) is 56.5 Å². The number of alkyl halides is 1. The lowest BCUT2D eigenvalue weighted by atomic mass is 9.92. The summed E-state index contributed by atoms with van der Waals surface area (Å²) < 4.78 is 50.5. The third-order valence-corrected chi connectivity index (χ3v) is 7.05. The minimum absolute atomic E-state index is 0.0977. The molecule has 1 fully saturated rings. The molecular weight excluding hydrogens is 499 g/mol. The quantitative estimate of drug-likeness (QED) is 0.158. The molecule has 0 radical (unpaired) electrons. The Morgan fingerprint density at radius 3 is 1.79 bits per heavy atom. The predicted octanol–water partition coefficient (Wildman–Crippen LogP) is 2.33. The lowest BCUT2D eigenvalue weighted by Gasteiger charge is -2.48. The molecule has 0 aromatic carbocycles. The Morgan fingerprint density at radius 2 is 1.35 bits per heavy atom. The molecule has 1 rings (SSSR count). The summed E-state index contributed by atoms with van der Waals surface area (Å²) in [6, 6.07) is 0. The topological polar surface area (TPSA) is 150 Å². The highest BCUT2D eigenvalue weighted by molar-refractivity contribution is 7.53. The van der Waals surface area contributed by atoms with Crippen LogP contribution in [0, 0.1) is 0 Å². The molecular formula is C20H32ClO12P. The maximum Gasteiger partial charge on any atom is 0.330 e. The van der Waals surface area contributed by atoms with E-state index < -0.39 is 67.6 Å². The lowest BCUT2D eigenvalue weighted by Crippen LogP contribution is -2.66. The highest BCUT2D eigenvalue weighted by Crippen LogP contribution is 2.52. The molecule has 0 amide bonds. The van der Waals surface area contributed by atoms with Gasteiger partial charge in [0, 0.05) is 34.1 Å². The Labute approximate surface area is 203 Å². The number of carbonyl (C=O) groups excluding carboxylic acids is 4. The van der Waals surface area contributed by atoms with E-state index in [4.69, 9.17) is 44.3 Å². The summed E-state index contributed by atoms with van der Waals surface area (Å²) in [7, 11) is -3.61. The standard InChI is InChI=1S/C20H32ClO12P/c1-7-28-34(26,29-8-2)10-9-20(21)19(32-15(6)25)18(31-14(5)24)17(30-13(4)23)16(33-20)11-27-12(3)22/h16-19H,7-11H2,1-6H3/t16-,17+,18+,19-,20+/m1/s1. The number of halogens is 1. The SMILES string of the molecule is CCOP(=O)(CC[C@]1(Cl)O[C@H](COC(C)=O)[C@H](OC(C)=O)[C@H](OC(C)=O)[C@H]1OC(C)=O)OCC. The van der Waals surface area contributed by atoms with Crippen molar-refractivity contribution in [3.63, 3.8) is 0 Å². The molecule has 12 nitrogen and oxygen atoms in total. The Bertz CT molecular complexity index is 780. The van der Waals surface area contributed by atoms with Gasteiger partial charge in [-0.1, -0.05) is 11.6 Å². The number of ether oxygens (including phenoxy) is 5. The van der Waals surface area contributed by atoms with Gasteiger partial charge in [0.15, 0.2) is 23.4 Å². The molecule has 0 unspecified atom stereocenters. The highest BCUT2D eigenvalue weighted by atomic mass is 35.5. The van der Waals surface area contributed by atoms with Crippen LogP contribution in [0.15, 0.2) is 0 Å². The van der Waals surface area contributed by atoms with Crippen molar-refractivity contribution >= 4 is 43.1 Å². The summed E-state index contributed by atoms with van der Waals surface area (Å²) in [5.74, 6) is -3.01. The molecule has 0 saturated carbocycles. The molecule has 0 aromatic rings. The van der Waals surface area contributed by atoms with E-state index in [1.807, 2.05) is 0 Å². The van der Waals surface area contributed by atoms with Gasteiger partial charge in [-0.25, -0.2) is 0 Å². The Hall–Kier alpha value is -1.72. The molecule has 14 heteroatoms. The van der Waals surface area contributed by atoms with Gasteiger partial charge in [0.1, 0.15) is 12.7 Å². The van der Waals surface area contributed by atoms with Gasteiger partial charge in [-0.05, 0) is 13.8 Å². The Kier molecular flexibility index (Phi) is 11.9. The maximum absolute atomic E-state index is 13.0. The van der Waals surface area contributed by atoms with E-state index in [1.165, 1.54) is 0 Å². The fourth-order valence-electron chi connectivity index (χ4n) is 3.38. The van der Waals surface area contributed by atoms with Crippen LogP contribution in [0.1, 0.15) is 48.0 Å². The third-order valence-electron chi connectivity index (χ3n) is 4.49. The summed E-state index contributed by atoms with van der Waals surface area (Å²) in [5.41, 5.74) is 0. The van der Waals surface area contributed by atoms with Gasteiger partial charge >= 0.3 is 31.5 Å². The third kappa shape index (κ3) is 9.14. The molecule has 0 aliphatic carbocycles. The van der Waals surface area contributed by atoms with Crippen molar-refractivity contribution in [2.75, 3.05) is 26.0 Å². The molecule has 1 heterocycles. The molecule has 0 aromatic heterocycles. The summed E-state index contributed by atoms with van der Waals surface area (Å²) in [5, 5.41) is -1.95. The molecule has 1 aliphatic rings. The number of hydrogen-bond acceptors (Lipinski definition) is 12. The van der Waals surface area contributed by atoms with Gasteiger partial charge in [0.25, 0.3) is 0 Å². The number of hydrogen-bond donors (Lipinski definition) is 0. The predicted molar refractivity (Wildman–Crippen MR) is 117 cm³/mol. The molecule has 0 N–H and O–H groups in total. The zero-order chi connectivity index (χ0) is 26.1. The van der Waals surface area contributed by atoms with Gasteiger partial charge in [0.05, 0.1) is 19.4 Å². The van der Waals surface area contributed by atoms with Crippen molar-refractivity contribution in [1.82, 2.24) is 0 Å². The van der Waals surface area contributed by atoms with Crippen LogP contribution in [0.5, 0.6) is 0 Å². The second kappa shape index (κ2) is 13.4. The van der Waals surface area contributed by atoms with Crippen molar-refractivity contribution < 1.29 is 56.5 Å². The Morgan fingerprint density at radius 1 is 0.853 bits per heavy atom. The zero-order valence-corrected chi connectivity index (χ0v) is 21.7. The monoisotopic (exact) mass is 530 g/mol. The number of esters is 4. The van der Waals surface area contributed by atoms with Crippen LogP contribution >= 0.6 is 19.2 Å². The largest absolute Gasteiger partial charge is 0.463 e. The van der Waals surface area contributed by atoms with E-state index >= 15 is 0 Å². The van der Waals surface area contributed by atoms with Crippen LogP contribution in [0.4, 0.5) is 0 Å². The van der Waals surface area contributed by atoms with E-state index in [9.17, 15) is 23.7 Å². The summed E-state index contributed by atoms with van der Waals surface area (Å²) in [6.07, 6.45) is -6.00. The van der Waals surface area contributed by atoms with Crippen LogP contribution in [-0.4, -0.2) is 79.3 Å². The molecule has 1 saturated heterocycles. The first-order valence-corrected chi connectivity index (χ1v) is 12.8. The van der Waals surface area contributed by atoms with Crippen LogP contribution in [0.25, 0.3) is 0 Å². The van der Waals surface area contributed by atoms with E-state index in [1.54, 1.807) is 13.8 Å². The van der Waals surface area contributed by atoms with Crippen molar-refractivity contribution in [2.24, 2.45) is 0 Å². The first-order chi connectivity index (χ1) is 15.8. The smallest absolute Gasteiger partial charge is 0.330 e. The van der Waals surface area contributed by atoms with Crippen LogP contribution in [0.2, 0.25) is 0 Å². The van der Waals surface area contributed by atoms with E-state index in [-0.39, 0.29) is 25.8 Å². The molecule has 196 valence electrons. The molecule has 0 bridgehead atoms. The van der Waals surface area contributed by atoms with Crippen molar-refractivity contribution in [3.05, 3.63) is 0 Å². The molecule has 0 spiro atoms. The van der Waals surface area contributed by atoms with E-state index in [0.717, 1.165) is 27.7 Å². The molecule has 5 atom stereocenters. The van der Waals surface area contributed by atoms with Crippen molar-refractivity contribution in [3.8, 4) is 0 Å². The van der Waals surface area contributed by atoms with Crippen molar-refractivity contribution in [2.45, 2.75) is 77.4 Å². The first-order valence-electron chi connectivity index (χ1n) is 10.7. The minimum atomic E-state index is -3.61. The summed E-state index contributed by atoms with van der Waals surface area (Å²) in [6.45, 7) is 7.50. The minimum Gasteiger partial charge on any atom is -0.463 e. The van der Waals surface area contributed by atoms with Gasteiger partial charge in [0.2, 0.25) is 0 Å². The molecule has 34 heavy (non-hydrogen) atoms. The van der Waals surface area contributed by atoms with Crippen LogP contribution in [0.3, 0.4) is 0 Å². The number of carbonyl (C=O) groups is 4. The zero-order valence-electron chi connectivity index (χ0n) is 20.1. The molecule has 1 aliphatic heterocycles. The lowest BCUT2D eigenvalue weighted by molar-refractivity contribution is -0.264. The van der Waals surface area contributed by atoms with Gasteiger partial charge in [-0.3, -0.25) is 23.7 Å². The average Bonchev–Trinajstić information content (AvgIpc) is 2.70. The fourth-order valence-corrected chi connectivity index (χ4v) is 5.62. The van der Waals surface area contributed by atoms with Gasteiger partial charge in [-0.2, -0.15) is 0 Å². The number of rotatable bonds is 12. The van der Waals surface area contributed by atoms with Crippen molar-refractivity contribution in [1.29, 1.82) is 0 Å². The Balaban J connectivity index is 3.47. The van der Waals surface area contributed by atoms with Gasteiger partial charge < -0.3 is 32.7 Å². The fraction of sp³-hybridized carbons (Fsp3) is 0.800. The second-order valence-corrected chi connectivity index (χ2v) is 10.2. The van der Waals surface area contributed by atoms with Gasteiger partial charge in [-0.15, -0.1) is 0 Å². The van der Waals surface area contributed by atoms with E-state index in [0.29, 0.717) is 0 Å². The maximum atomic E-state index is 13.0. The summed E-state index contributed by atoms with van der Waals surface area (Å²) >= 11 is 6.78. The highest BCUT2D eigenvalue weighted by Gasteiger charge is 2.59. The second-order valence-electron chi connectivity index (χ2n) is 7.34. The normalized spacial score (nSPS) is 26.9. The average molecular weight is 531 g/mol. The van der Waals surface area contributed by atoms with Crippen LogP contribution < -0.4 is 0 Å². The van der Waals surface area contributed by atoms with E-state index in [2.05, 4.69) is 0 Å². The summed E-state index contributed by atoms with van der Waals surface area (Å²) in [4.78, 5) is 47.0.